The van der Waals surface area contributed by atoms with Gasteiger partial charge in [-0.05, 0) is 57.0 Å². The van der Waals surface area contributed by atoms with Crippen LogP contribution in [0.3, 0.4) is 0 Å². The maximum atomic E-state index is 8.62. The van der Waals surface area contributed by atoms with Gasteiger partial charge in [0.2, 0.25) is 0 Å². The predicted molar refractivity (Wildman–Crippen MR) is 82.6 cm³/mol. The van der Waals surface area contributed by atoms with Crippen LogP contribution in [0.2, 0.25) is 0 Å². The summed E-state index contributed by atoms with van der Waals surface area (Å²) in [4.78, 5) is 2.51. The molecule has 114 valence electrons. The molecule has 1 heterocycles. The molecule has 0 aromatic heterocycles. The van der Waals surface area contributed by atoms with Crippen LogP contribution < -0.4 is 9.47 Å². The minimum Gasteiger partial charge on any atom is -0.497 e. The highest BCUT2D eigenvalue weighted by Crippen LogP contribution is 2.38. The molecule has 0 bridgehead atoms. The third-order valence-corrected chi connectivity index (χ3v) is 4.14. The minimum atomic E-state index is 0.400. The Kier molecular flexibility index (Phi) is 5.89. The number of rotatable bonds is 7. The van der Waals surface area contributed by atoms with Crippen molar-refractivity contribution in [2.75, 3.05) is 27.3 Å². The van der Waals surface area contributed by atoms with Gasteiger partial charge in [0.25, 0.3) is 0 Å². The Morgan fingerprint density at radius 1 is 1.29 bits per heavy atom. The molecule has 1 aromatic carbocycles. The van der Waals surface area contributed by atoms with Gasteiger partial charge in [-0.15, -0.1) is 0 Å². The van der Waals surface area contributed by atoms with E-state index in [0.717, 1.165) is 43.9 Å². The van der Waals surface area contributed by atoms with E-state index in [1.54, 1.807) is 14.2 Å². The Labute approximate surface area is 127 Å². The molecule has 4 heteroatoms. The maximum absolute atomic E-state index is 8.62. The van der Waals surface area contributed by atoms with Gasteiger partial charge in [0, 0.05) is 18.0 Å². The van der Waals surface area contributed by atoms with Crippen LogP contribution in [-0.4, -0.2) is 32.2 Å². The number of nitriles is 1. The Morgan fingerprint density at radius 3 is 2.86 bits per heavy atom. The second-order valence-corrected chi connectivity index (χ2v) is 5.42. The van der Waals surface area contributed by atoms with Crippen molar-refractivity contribution < 1.29 is 9.47 Å². The highest BCUT2D eigenvalue weighted by molar-refractivity contribution is 5.42. The molecule has 2 rings (SSSR count). The number of hydrogen-bond acceptors (Lipinski definition) is 4. The van der Waals surface area contributed by atoms with Gasteiger partial charge in [-0.3, -0.25) is 4.90 Å². The largest absolute Gasteiger partial charge is 0.497 e. The first-order valence-corrected chi connectivity index (χ1v) is 7.63. The SMILES string of the molecule is COc1ccc(OC)c(C2CCCN2CCCCC#N)c1. The summed E-state index contributed by atoms with van der Waals surface area (Å²) in [6.07, 6.45) is 5.08. The molecule has 1 atom stereocenters. The van der Waals surface area contributed by atoms with Gasteiger partial charge >= 0.3 is 0 Å². The first-order valence-electron chi connectivity index (χ1n) is 7.63. The molecule has 21 heavy (non-hydrogen) atoms. The summed E-state index contributed by atoms with van der Waals surface area (Å²) in [5, 5.41) is 8.62. The number of nitrogens with zero attached hydrogens (tertiary/aromatic N) is 2. The number of unbranched alkanes of at least 4 members (excludes halogenated alkanes) is 2. The Hall–Kier alpha value is -1.73. The summed E-state index contributed by atoms with van der Waals surface area (Å²) in [7, 11) is 3.41. The molecular formula is C17H24N2O2. The van der Waals surface area contributed by atoms with Crippen LogP contribution in [0, 0.1) is 11.3 Å². The van der Waals surface area contributed by atoms with Crippen molar-refractivity contribution in [3.05, 3.63) is 23.8 Å². The Morgan fingerprint density at radius 2 is 2.14 bits per heavy atom. The smallest absolute Gasteiger partial charge is 0.123 e. The Bertz CT molecular complexity index is 496. The summed E-state index contributed by atoms with van der Waals surface area (Å²) in [6.45, 7) is 2.17. The van der Waals surface area contributed by atoms with Crippen LogP contribution >= 0.6 is 0 Å². The van der Waals surface area contributed by atoms with Crippen molar-refractivity contribution in [3.63, 3.8) is 0 Å². The highest BCUT2D eigenvalue weighted by atomic mass is 16.5. The lowest BCUT2D eigenvalue weighted by atomic mass is 10.0. The lowest BCUT2D eigenvalue weighted by Crippen LogP contribution is -2.24. The molecule has 1 fully saturated rings. The van der Waals surface area contributed by atoms with E-state index in [1.165, 1.54) is 12.0 Å². The van der Waals surface area contributed by atoms with E-state index in [9.17, 15) is 0 Å². The molecule has 4 nitrogen and oxygen atoms in total. The summed E-state index contributed by atoms with van der Waals surface area (Å²) >= 11 is 0. The van der Waals surface area contributed by atoms with Gasteiger partial charge in [-0.2, -0.15) is 5.26 Å². The number of likely N-dealkylation sites (tertiary alicyclic amines) is 1. The van der Waals surface area contributed by atoms with Crippen molar-refractivity contribution >= 4 is 0 Å². The van der Waals surface area contributed by atoms with E-state index in [1.807, 2.05) is 12.1 Å². The van der Waals surface area contributed by atoms with Gasteiger partial charge in [-0.1, -0.05) is 0 Å². The van der Waals surface area contributed by atoms with Crippen molar-refractivity contribution in [2.24, 2.45) is 0 Å². The first kappa shape index (κ1) is 15.7. The van der Waals surface area contributed by atoms with Crippen LogP contribution in [-0.2, 0) is 0 Å². The molecular weight excluding hydrogens is 264 g/mol. The van der Waals surface area contributed by atoms with Gasteiger partial charge in [-0.25, -0.2) is 0 Å². The second kappa shape index (κ2) is 7.90. The zero-order chi connectivity index (χ0) is 15.1. The van der Waals surface area contributed by atoms with Crippen molar-refractivity contribution in [3.8, 4) is 17.6 Å². The highest BCUT2D eigenvalue weighted by Gasteiger charge is 2.28. The molecule has 0 saturated carbocycles. The van der Waals surface area contributed by atoms with Crippen LogP contribution in [0.1, 0.15) is 43.7 Å². The fraction of sp³-hybridized carbons (Fsp3) is 0.588. The zero-order valence-corrected chi connectivity index (χ0v) is 13.0. The Balaban J connectivity index is 2.09. The minimum absolute atomic E-state index is 0.400. The monoisotopic (exact) mass is 288 g/mol. The number of hydrogen-bond donors (Lipinski definition) is 0. The van der Waals surface area contributed by atoms with Crippen molar-refractivity contribution in [2.45, 2.75) is 38.1 Å². The van der Waals surface area contributed by atoms with Crippen LogP contribution in [0.15, 0.2) is 18.2 Å². The molecule has 1 aliphatic rings. The van der Waals surface area contributed by atoms with Gasteiger partial charge in [0.05, 0.1) is 20.3 Å². The topological polar surface area (TPSA) is 45.5 Å². The summed E-state index contributed by atoms with van der Waals surface area (Å²) in [5.74, 6) is 1.81. The first-order chi connectivity index (χ1) is 10.3. The quantitative estimate of drug-likeness (QED) is 0.720. The van der Waals surface area contributed by atoms with E-state index in [2.05, 4.69) is 17.0 Å². The molecule has 0 amide bonds. The van der Waals surface area contributed by atoms with Gasteiger partial charge in [0.15, 0.2) is 0 Å². The van der Waals surface area contributed by atoms with E-state index >= 15 is 0 Å². The lowest BCUT2D eigenvalue weighted by molar-refractivity contribution is 0.246. The van der Waals surface area contributed by atoms with Crippen LogP contribution in [0.5, 0.6) is 11.5 Å². The number of benzene rings is 1. The lowest BCUT2D eigenvalue weighted by Gasteiger charge is -2.26. The van der Waals surface area contributed by atoms with Crippen molar-refractivity contribution in [1.29, 1.82) is 5.26 Å². The average Bonchev–Trinajstić information content (AvgIpc) is 2.99. The van der Waals surface area contributed by atoms with E-state index < -0.39 is 0 Å². The molecule has 0 spiro atoms. The standard InChI is InChI=1S/C17H24N2O2/c1-20-14-8-9-17(21-2)15(13-14)16-7-6-12-19(16)11-5-3-4-10-18/h8-9,13,16H,3-7,11-12H2,1-2H3. The van der Waals surface area contributed by atoms with Gasteiger partial charge < -0.3 is 9.47 Å². The number of ether oxygens (including phenoxy) is 2. The molecule has 0 aliphatic carbocycles. The molecule has 1 unspecified atom stereocenters. The second-order valence-electron chi connectivity index (χ2n) is 5.42. The molecule has 0 N–H and O–H groups in total. The third kappa shape index (κ3) is 3.89. The van der Waals surface area contributed by atoms with Crippen molar-refractivity contribution in [1.82, 2.24) is 4.90 Å². The molecule has 0 radical (unpaired) electrons. The summed E-state index contributed by atoms with van der Waals surface area (Å²) in [6, 6.07) is 8.63. The van der Waals surface area contributed by atoms with E-state index in [-0.39, 0.29) is 0 Å². The van der Waals surface area contributed by atoms with Crippen LogP contribution in [0.25, 0.3) is 0 Å². The van der Waals surface area contributed by atoms with E-state index in [4.69, 9.17) is 14.7 Å². The normalized spacial score (nSPS) is 18.4. The van der Waals surface area contributed by atoms with Crippen LogP contribution in [0.4, 0.5) is 0 Å². The average molecular weight is 288 g/mol. The molecule has 1 aromatic rings. The zero-order valence-electron chi connectivity index (χ0n) is 13.0. The maximum Gasteiger partial charge on any atom is 0.123 e. The third-order valence-electron chi connectivity index (χ3n) is 4.14. The fourth-order valence-corrected chi connectivity index (χ4v) is 3.06. The summed E-state index contributed by atoms with van der Waals surface area (Å²) in [5.41, 5.74) is 1.22. The summed E-state index contributed by atoms with van der Waals surface area (Å²) < 4.78 is 10.9. The molecule has 1 aliphatic heterocycles. The number of methoxy groups -OCH3 is 2. The van der Waals surface area contributed by atoms with Gasteiger partial charge in [0.1, 0.15) is 11.5 Å². The van der Waals surface area contributed by atoms with E-state index in [0.29, 0.717) is 12.5 Å². The molecule has 1 saturated heterocycles. The predicted octanol–water partition coefficient (Wildman–Crippen LogP) is 3.53. The fourth-order valence-electron chi connectivity index (χ4n) is 3.06.